The molecule has 0 aliphatic heterocycles. The highest BCUT2D eigenvalue weighted by molar-refractivity contribution is 7.14. The van der Waals surface area contributed by atoms with Gasteiger partial charge in [0.2, 0.25) is 0 Å². The molecule has 1 N–H and O–H groups in total. The zero-order valence-corrected chi connectivity index (χ0v) is 11.4. The van der Waals surface area contributed by atoms with Crippen molar-refractivity contribution in [3.63, 3.8) is 0 Å². The lowest BCUT2D eigenvalue weighted by Gasteiger charge is -2.20. The van der Waals surface area contributed by atoms with Crippen LogP contribution in [-0.4, -0.2) is 18.6 Å². The molecule has 2 aromatic rings. The number of hydrogen-bond acceptors (Lipinski definition) is 4. The van der Waals surface area contributed by atoms with E-state index in [-0.39, 0.29) is 5.41 Å². The fourth-order valence-corrected chi connectivity index (χ4v) is 3.35. The van der Waals surface area contributed by atoms with Crippen molar-refractivity contribution < 1.29 is 0 Å². The minimum Gasteiger partial charge on any atom is -0.319 e. The first-order valence-corrected chi connectivity index (χ1v) is 7.04. The number of thiophene rings is 1. The highest BCUT2D eigenvalue weighted by atomic mass is 32.1. The van der Waals surface area contributed by atoms with Crippen LogP contribution < -0.4 is 5.32 Å². The zero-order chi connectivity index (χ0) is 11.6. The van der Waals surface area contributed by atoms with E-state index < -0.39 is 0 Å². The fourth-order valence-electron chi connectivity index (χ4n) is 1.64. The Labute approximate surface area is 104 Å². The lowest BCUT2D eigenvalue weighted by Crippen LogP contribution is -2.30. The molecule has 0 aromatic carbocycles. The first-order valence-electron chi connectivity index (χ1n) is 5.28. The molecule has 0 unspecified atom stereocenters. The number of nitrogens with one attached hydrogen (secondary N) is 1. The fraction of sp³-hybridized carbons (Fsp3) is 0.417. The molecule has 16 heavy (non-hydrogen) atoms. The molecule has 0 aliphatic rings. The smallest absolute Gasteiger partial charge is 0.100 e. The van der Waals surface area contributed by atoms with E-state index in [0.717, 1.165) is 12.2 Å². The summed E-state index contributed by atoms with van der Waals surface area (Å²) in [6.45, 7) is 5.39. The van der Waals surface area contributed by atoms with Crippen LogP contribution in [0.15, 0.2) is 22.9 Å². The van der Waals surface area contributed by atoms with Crippen LogP contribution >= 0.6 is 22.7 Å². The molecular formula is C12H16N2S2. The Hall–Kier alpha value is -0.710. The van der Waals surface area contributed by atoms with Crippen molar-refractivity contribution in [3.8, 4) is 10.6 Å². The first kappa shape index (κ1) is 11.8. The minimum absolute atomic E-state index is 0.106. The van der Waals surface area contributed by atoms with Crippen molar-refractivity contribution in [3.05, 3.63) is 27.9 Å². The van der Waals surface area contributed by atoms with E-state index in [2.05, 4.69) is 42.1 Å². The summed E-state index contributed by atoms with van der Waals surface area (Å²) in [5, 5.41) is 8.66. The van der Waals surface area contributed by atoms with Crippen molar-refractivity contribution in [2.75, 3.05) is 13.6 Å². The molecule has 0 saturated heterocycles. The number of aromatic nitrogens is 1. The molecular weight excluding hydrogens is 236 g/mol. The summed E-state index contributed by atoms with van der Waals surface area (Å²) in [6, 6.07) is 4.19. The zero-order valence-electron chi connectivity index (χ0n) is 9.78. The second-order valence-electron chi connectivity index (χ2n) is 4.43. The lowest BCUT2D eigenvalue weighted by atomic mass is 9.95. The SMILES string of the molecule is CNCC(C)(C)c1nc(-c2cccs2)cs1. The Balaban J connectivity index is 2.26. The summed E-state index contributed by atoms with van der Waals surface area (Å²) >= 11 is 3.49. The van der Waals surface area contributed by atoms with Crippen LogP contribution in [0.3, 0.4) is 0 Å². The van der Waals surface area contributed by atoms with E-state index >= 15 is 0 Å². The first-order chi connectivity index (χ1) is 7.63. The number of thiazole rings is 1. The maximum atomic E-state index is 4.73. The number of rotatable bonds is 4. The van der Waals surface area contributed by atoms with Gasteiger partial charge in [0.1, 0.15) is 5.01 Å². The van der Waals surface area contributed by atoms with Crippen molar-refractivity contribution in [2.45, 2.75) is 19.3 Å². The summed E-state index contributed by atoms with van der Waals surface area (Å²) in [6.07, 6.45) is 0. The van der Waals surface area contributed by atoms with Crippen molar-refractivity contribution >= 4 is 22.7 Å². The normalized spacial score (nSPS) is 11.9. The van der Waals surface area contributed by atoms with Gasteiger partial charge in [0.05, 0.1) is 10.6 Å². The maximum absolute atomic E-state index is 4.73. The molecule has 0 radical (unpaired) electrons. The summed E-state index contributed by atoms with van der Waals surface area (Å²) in [7, 11) is 1.98. The van der Waals surface area contributed by atoms with Crippen LogP contribution in [0.1, 0.15) is 18.9 Å². The molecule has 0 saturated carbocycles. The van der Waals surface area contributed by atoms with Gasteiger partial charge in [0.25, 0.3) is 0 Å². The average Bonchev–Trinajstić information content (AvgIpc) is 2.89. The molecule has 0 fully saturated rings. The minimum atomic E-state index is 0.106. The van der Waals surface area contributed by atoms with Crippen LogP contribution in [0.2, 0.25) is 0 Å². The largest absolute Gasteiger partial charge is 0.319 e. The molecule has 2 heterocycles. The summed E-state index contributed by atoms with van der Waals surface area (Å²) in [5.41, 5.74) is 1.22. The molecule has 2 rings (SSSR count). The van der Waals surface area contributed by atoms with Gasteiger partial charge in [-0.05, 0) is 18.5 Å². The number of likely N-dealkylation sites (N-methyl/N-ethyl adjacent to an activating group) is 1. The predicted octanol–water partition coefficient (Wildman–Crippen LogP) is 3.37. The average molecular weight is 252 g/mol. The van der Waals surface area contributed by atoms with Crippen LogP contribution in [0.5, 0.6) is 0 Å². The van der Waals surface area contributed by atoms with Gasteiger partial charge in [-0.25, -0.2) is 4.98 Å². The molecule has 2 nitrogen and oxygen atoms in total. The van der Waals surface area contributed by atoms with E-state index in [1.807, 2.05) is 7.05 Å². The second kappa shape index (κ2) is 4.65. The highest BCUT2D eigenvalue weighted by Gasteiger charge is 2.23. The van der Waals surface area contributed by atoms with Gasteiger partial charge in [0, 0.05) is 17.3 Å². The maximum Gasteiger partial charge on any atom is 0.100 e. The van der Waals surface area contributed by atoms with E-state index in [4.69, 9.17) is 4.98 Å². The van der Waals surface area contributed by atoms with Gasteiger partial charge in [-0.1, -0.05) is 19.9 Å². The van der Waals surface area contributed by atoms with Crippen molar-refractivity contribution in [1.82, 2.24) is 10.3 Å². The Bertz CT molecular complexity index is 443. The monoisotopic (exact) mass is 252 g/mol. The van der Waals surface area contributed by atoms with E-state index in [1.165, 1.54) is 9.88 Å². The number of nitrogens with zero attached hydrogens (tertiary/aromatic N) is 1. The highest BCUT2D eigenvalue weighted by Crippen LogP contribution is 2.31. The summed E-state index contributed by atoms with van der Waals surface area (Å²) in [5.74, 6) is 0. The molecule has 0 aliphatic carbocycles. The van der Waals surface area contributed by atoms with Crippen LogP contribution in [0.25, 0.3) is 10.6 Å². The van der Waals surface area contributed by atoms with Crippen molar-refractivity contribution in [1.29, 1.82) is 0 Å². The molecule has 0 amide bonds. The van der Waals surface area contributed by atoms with Gasteiger partial charge < -0.3 is 5.32 Å². The standard InChI is InChI=1S/C12H16N2S2/c1-12(2,8-13-3)11-14-9(7-16-11)10-5-4-6-15-10/h4-7,13H,8H2,1-3H3. The molecule has 4 heteroatoms. The van der Waals surface area contributed by atoms with Crippen molar-refractivity contribution in [2.24, 2.45) is 0 Å². The Morgan fingerprint density at radius 3 is 2.81 bits per heavy atom. The third-order valence-corrected chi connectivity index (χ3v) is 4.58. The number of hydrogen-bond donors (Lipinski definition) is 1. The van der Waals surface area contributed by atoms with E-state index in [0.29, 0.717) is 0 Å². The van der Waals surface area contributed by atoms with Crippen LogP contribution in [0.4, 0.5) is 0 Å². The van der Waals surface area contributed by atoms with Gasteiger partial charge in [-0.3, -0.25) is 0 Å². The third-order valence-electron chi connectivity index (χ3n) is 2.48. The predicted molar refractivity (Wildman–Crippen MR) is 72.4 cm³/mol. The summed E-state index contributed by atoms with van der Waals surface area (Å²) in [4.78, 5) is 5.98. The molecule has 86 valence electrons. The van der Waals surface area contributed by atoms with E-state index in [9.17, 15) is 0 Å². The topological polar surface area (TPSA) is 24.9 Å². The molecule has 2 aromatic heterocycles. The van der Waals surface area contributed by atoms with Crippen LogP contribution in [0, 0.1) is 0 Å². The van der Waals surface area contributed by atoms with Crippen LogP contribution in [-0.2, 0) is 5.41 Å². The Kier molecular flexibility index (Phi) is 3.42. The van der Waals surface area contributed by atoms with E-state index in [1.54, 1.807) is 22.7 Å². The molecule has 0 atom stereocenters. The van der Waals surface area contributed by atoms with Gasteiger partial charge in [-0.2, -0.15) is 0 Å². The third kappa shape index (κ3) is 2.34. The second-order valence-corrected chi connectivity index (χ2v) is 6.24. The molecule has 0 spiro atoms. The Morgan fingerprint density at radius 1 is 1.38 bits per heavy atom. The Morgan fingerprint density at radius 2 is 2.19 bits per heavy atom. The molecule has 0 bridgehead atoms. The van der Waals surface area contributed by atoms with Gasteiger partial charge in [0.15, 0.2) is 0 Å². The van der Waals surface area contributed by atoms with Gasteiger partial charge >= 0.3 is 0 Å². The quantitative estimate of drug-likeness (QED) is 0.902. The van der Waals surface area contributed by atoms with Gasteiger partial charge in [-0.15, -0.1) is 22.7 Å². The summed E-state index contributed by atoms with van der Waals surface area (Å²) < 4.78 is 0. The lowest BCUT2D eigenvalue weighted by molar-refractivity contribution is 0.492.